The van der Waals surface area contributed by atoms with E-state index < -0.39 is 22.0 Å². The smallest absolute Gasteiger partial charge is 0.324 e. The van der Waals surface area contributed by atoms with Gasteiger partial charge in [-0.25, -0.2) is 8.42 Å². The first kappa shape index (κ1) is 20.2. The van der Waals surface area contributed by atoms with Crippen LogP contribution in [0.1, 0.15) is 13.8 Å². The fourth-order valence-electron chi connectivity index (χ4n) is 3.34. The highest BCUT2D eigenvalue weighted by atomic mass is 32.2. The SMILES string of the molecule is COC(=O)[C@@H](NS(=O)(=O)c1ccc2c(c1)oc1ccc(-c3ccco3)cc12)C(C)C. The highest BCUT2D eigenvalue weighted by molar-refractivity contribution is 7.89. The average Bonchev–Trinajstić information content (AvgIpc) is 3.38. The lowest BCUT2D eigenvalue weighted by Crippen LogP contribution is -2.44. The third kappa shape index (κ3) is 3.59. The Morgan fingerprint density at radius 1 is 1.03 bits per heavy atom. The molecular weight excluding hydrogens is 406 g/mol. The number of methoxy groups -OCH3 is 1. The molecule has 0 unspecified atom stereocenters. The molecule has 1 N–H and O–H groups in total. The van der Waals surface area contributed by atoms with E-state index in [1.165, 1.54) is 19.2 Å². The van der Waals surface area contributed by atoms with Gasteiger partial charge in [-0.05, 0) is 48.4 Å². The number of carbonyl (C=O) groups excluding carboxylic acids is 1. The van der Waals surface area contributed by atoms with Crippen LogP contribution in [0.5, 0.6) is 0 Å². The molecule has 2 aromatic heterocycles. The van der Waals surface area contributed by atoms with Gasteiger partial charge in [0.15, 0.2) is 0 Å². The number of hydrogen-bond donors (Lipinski definition) is 1. The third-order valence-corrected chi connectivity index (χ3v) is 6.40. The van der Waals surface area contributed by atoms with Gasteiger partial charge >= 0.3 is 5.97 Å². The number of ether oxygens (including phenoxy) is 1. The van der Waals surface area contributed by atoms with Crippen LogP contribution in [0.4, 0.5) is 0 Å². The second-order valence-electron chi connectivity index (χ2n) is 7.31. The van der Waals surface area contributed by atoms with Crippen LogP contribution in [-0.4, -0.2) is 27.5 Å². The van der Waals surface area contributed by atoms with Crippen LogP contribution < -0.4 is 4.72 Å². The van der Waals surface area contributed by atoms with E-state index in [2.05, 4.69) is 4.72 Å². The van der Waals surface area contributed by atoms with Gasteiger partial charge in [-0.15, -0.1) is 0 Å². The molecule has 30 heavy (non-hydrogen) atoms. The van der Waals surface area contributed by atoms with Crippen molar-refractivity contribution in [3.63, 3.8) is 0 Å². The van der Waals surface area contributed by atoms with Crippen molar-refractivity contribution in [3.8, 4) is 11.3 Å². The quantitative estimate of drug-likeness (QED) is 0.460. The molecule has 0 radical (unpaired) electrons. The summed E-state index contributed by atoms with van der Waals surface area (Å²) in [7, 11) is -2.73. The van der Waals surface area contributed by atoms with Gasteiger partial charge in [-0.3, -0.25) is 4.79 Å². The van der Waals surface area contributed by atoms with E-state index in [0.717, 1.165) is 22.1 Å². The van der Waals surface area contributed by atoms with Crippen LogP contribution in [-0.2, 0) is 19.6 Å². The fraction of sp³-hybridized carbons (Fsp3) is 0.227. The predicted octanol–water partition coefficient (Wildman–Crippen LogP) is 4.32. The number of furan rings is 2. The first-order valence-electron chi connectivity index (χ1n) is 9.40. The Balaban J connectivity index is 1.74. The van der Waals surface area contributed by atoms with E-state index in [-0.39, 0.29) is 10.8 Å². The van der Waals surface area contributed by atoms with E-state index in [1.807, 2.05) is 30.3 Å². The molecule has 0 aliphatic carbocycles. The summed E-state index contributed by atoms with van der Waals surface area (Å²) in [4.78, 5) is 12.0. The molecule has 0 amide bonds. The van der Waals surface area contributed by atoms with Crippen molar-refractivity contribution in [1.82, 2.24) is 4.72 Å². The van der Waals surface area contributed by atoms with E-state index in [4.69, 9.17) is 13.6 Å². The molecule has 1 atom stereocenters. The molecule has 0 aliphatic rings. The predicted molar refractivity (Wildman–Crippen MR) is 112 cm³/mol. The molecule has 0 saturated carbocycles. The number of carbonyl (C=O) groups is 1. The molecule has 8 heteroatoms. The molecule has 0 saturated heterocycles. The van der Waals surface area contributed by atoms with Crippen molar-refractivity contribution in [3.05, 3.63) is 54.8 Å². The van der Waals surface area contributed by atoms with Gasteiger partial charge in [0.05, 0.1) is 18.3 Å². The largest absolute Gasteiger partial charge is 0.468 e. The van der Waals surface area contributed by atoms with Gasteiger partial charge in [0.1, 0.15) is 23.0 Å². The summed E-state index contributed by atoms with van der Waals surface area (Å²) in [5.74, 6) is -0.178. The summed E-state index contributed by atoms with van der Waals surface area (Å²) >= 11 is 0. The number of fused-ring (bicyclic) bond motifs is 3. The zero-order valence-electron chi connectivity index (χ0n) is 16.7. The summed E-state index contributed by atoms with van der Waals surface area (Å²) in [5.41, 5.74) is 1.97. The summed E-state index contributed by atoms with van der Waals surface area (Å²) in [6.45, 7) is 3.48. The van der Waals surface area contributed by atoms with Crippen LogP contribution in [0, 0.1) is 5.92 Å². The first-order chi connectivity index (χ1) is 14.3. The summed E-state index contributed by atoms with van der Waals surface area (Å²) < 4.78 is 44.2. The van der Waals surface area contributed by atoms with Gasteiger partial charge in [0.2, 0.25) is 10.0 Å². The number of hydrogen-bond acceptors (Lipinski definition) is 6. The van der Waals surface area contributed by atoms with Crippen LogP contribution in [0.25, 0.3) is 33.3 Å². The standard InChI is InChI=1S/C22H21NO6S/c1-13(2)21(22(24)27-3)23-30(25,26)15-7-8-16-17-11-14(18-5-4-10-28-18)6-9-19(17)29-20(16)12-15/h4-13,21,23H,1-3H3/t21-/m0/s1. The monoisotopic (exact) mass is 427 g/mol. The Labute approximate surface area is 173 Å². The van der Waals surface area contributed by atoms with Crippen molar-refractivity contribution in [1.29, 1.82) is 0 Å². The number of sulfonamides is 1. The summed E-state index contributed by atoms with van der Waals surface area (Å²) in [5, 5.41) is 1.64. The van der Waals surface area contributed by atoms with Crippen molar-refractivity contribution in [2.24, 2.45) is 5.92 Å². The van der Waals surface area contributed by atoms with Crippen LogP contribution in [0.15, 0.2) is 68.5 Å². The Morgan fingerprint density at radius 3 is 2.50 bits per heavy atom. The molecule has 4 aromatic rings. The zero-order chi connectivity index (χ0) is 21.5. The molecule has 2 aromatic carbocycles. The Kier molecular flexibility index (Phi) is 5.13. The average molecular weight is 427 g/mol. The first-order valence-corrected chi connectivity index (χ1v) is 10.9. The van der Waals surface area contributed by atoms with Crippen molar-refractivity contribution < 1.29 is 26.8 Å². The van der Waals surface area contributed by atoms with Gasteiger partial charge in [0.25, 0.3) is 0 Å². The van der Waals surface area contributed by atoms with E-state index in [1.54, 1.807) is 26.2 Å². The maximum absolute atomic E-state index is 12.9. The zero-order valence-corrected chi connectivity index (χ0v) is 17.5. The lowest BCUT2D eigenvalue weighted by atomic mass is 10.1. The van der Waals surface area contributed by atoms with Gasteiger partial charge in [-0.2, -0.15) is 4.72 Å². The van der Waals surface area contributed by atoms with Gasteiger partial charge in [-0.1, -0.05) is 13.8 Å². The number of rotatable bonds is 6. The van der Waals surface area contributed by atoms with Crippen LogP contribution >= 0.6 is 0 Å². The molecule has 0 aliphatic heterocycles. The molecule has 7 nitrogen and oxygen atoms in total. The Bertz CT molecular complexity index is 1320. The van der Waals surface area contributed by atoms with Crippen molar-refractivity contribution in [2.75, 3.05) is 7.11 Å². The molecule has 0 fully saturated rings. The van der Waals surface area contributed by atoms with Crippen LogP contribution in [0.3, 0.4) is 0 Å². The third-order valence-electron chi connectivity index (χ3n) is 4.96. The fourth-order valence-corrected chi connectivity index (χ4v) is 4.69. The van der Waals surface area contributed by atoms with E-state index in [0.29, 0.717) is 11.2 Å². The maximum atomic E-state index is 12.9. The lowest BCUT2D eigenvalue weighted by molar-refractivity contribution is -0.143. The number of nitrogens with one attached hydrogen (secondary N) is 1. The minimum Gasteiger partial charge on any atom is -0.468 e. The molecule has 156 valence electrons. The van der Waals surface area contributed by atoms with E-state index >= 15 is 0 Å². The van der Waals surface area contributed by atoms with Crippen LogP contribution in [0.2, 0.25) is 0 Å². The Hall–Kier alpha value is -3.10. The maximum Gasteiger partial charge on any atom is 0.324 e. The second-order valence-corrected chi connectivity index (χ2v) is 9.03. The summed E-state index contributed by atoms with van der Waals surface area (Å²) in [6, 6.07) is 13.0. The van der Waals surface area contributed by atoms with Crippen molar-refractivity contribution in [2.45, 2.75) is 24.8 Å². The lowest BCUT2D eigenvalue weighted by Gasteiger charge is -2.19. The number of benzene rings is 2. The highest BCUT2D eigenvalue weighted by Gasteiger charge is 2.29. The number of esters is 1. The van der Waals surface area contributed by atoms with Crippen molar-refractivity contribution >= 4 is 37.9 Å². The van der Waals surface area contributed by atoms with Gasteiger partial charge < -0.3 is 13.6 Å². The van der Waals surface area contributed by atoms with E-state index in [9.17, 15) is 13.2 Å². The Morgan fingerprint density at radius 2 is 1.83 bits per heavy atom. The normalized spacial score (nSPS) is 13.2. The minimum absolute atomic E-state index is 0.00914. The molecule has 2 heterocycles. The summed E-state index contributed by atoms with van der Waals surface area (Å²) in [6.07, 6.45) is 1.61. The molecule has 4 rings (SSSR count). The minimum atomic E-state index is -3.96. The second kappa shape index (κ2) is 7.62. The highest BCUT2D eigenvalue weighted by Crippen LogP contribution is 2.33. The molecular formula is C22H21NO6S. The molecule has 0 spiro atoms. The van der Waals surface area contributed by atoms with Gasteiger partial charge in [0, 0.05) is 22.4 Å². The molecule has 0 bridgehead atoms. The topological polar surface area (TPSA) is 98.8 Å².